The summed E-state index contributed by atoms with van der Waals surface area (Å²) in [5.41, 5.74) is 1.06. The maximum Gasteiger partial charge on any atom is 0.242 e. The van der Waals surface area contributed by atoms with Crippen molar-refractivity contribution < 1.29 is 9.59 Å². The Hall–Kier alpha value is -1.89. The van der Waals surface area contributed by atoms with Crippen molar-refractivity contribution in [2.45, 2.75) is 31.8 Å². The Kier molecular flexibility index (Phi) is 5.32. The van der Waals surface area contributed by atoms with E-state index in [2.05, 4.69) is 15.7 Å². The first-order valence-electron chi connectivity index (χ1n) is 7.28. The van der Waals surface area contributed by atoms with Crippen LogP contribution in [0.4, 0.5) is 0 Å². The lowest BCUT2D eigenvalue weighted by molar-refractivity contribution is -0.129. The van der Waals surface area contributed by atoms with E-state index in [1.807, 2.05) is 25.2 Å². The number of rotatable bonds is 5. The highest BCUT2D eigenvalue weighted by Gasteiger charge is 2.22. The Morgan fingerprint density at radius 3 is 3.10 bits per heavy atom. The van der Waals surface area contributed by atoms with Gasteiger partial charge in [-0.25, -0.2) is 0 Å². The molecule has 0 unspecified atom stereocenters. The Morgan fingerprint density at radius 1 is 1.57 bits per heavy atom. The molecule has 2 amide bonds. The van der Waals surface area contributed by atoms with Gasteiger partial charge in [0.2, 0.25) is 11.8 Å². The van der Waals surface area contributed by atoms with Crippen molar-refractivity contribution in [3.8, 4) is 0 Å². The third kappa shape index (κ3) is 4.86. The first kappa shape index (κ1) is 15.5. The predicted molar refractivity (Wildman–Crippen MR) is 78.3 cm³/mol. The molecule has 1 fully saturated rings. The minimum absolute atomic E-state index is 0.0734. The average molecular weight is 293 g/mol. The number of likely N-dealkylation sites (N-methyl/N-ethyl adjacent to an activating group) is 1. The number of nitrogens with one attached hydrogen (secondary N) is 2. The molecule has 0 bridgehead atoms. The van der Waals surface area contributed by atoms with Crippen molar-refractivity contribution in [2.24, 2.45) is 7.05 Å². The van der Waals surface area contributed by atoms with E-state index < -0.39 is 6.04 Å². The van der Waals surface area contributed by atoms with Gasteiger partial charge < -0.3 is 10.6 Å². The van der Waals surface area contributed by atoms with Crippen molar-refractivity contribution >= 4 is 11.8 Å². The Bertz CT molecular complexity index is 499. The second-order valence-electron chi connectivity index (χ2n) is 5.60. The van der Waals surface area contributed by atoms with E-state index in [9.17, 15) is 9.59 Å². The van der Waals surface area contributed by atoms with Crippen molar-refractivity contribution in [1.82, 2.24) is 25.3 Å². The molecular weight excluding hydrogens is 270 g/mol. The van der Waals surface area contributed by atoms with Gasteiger partial charge in [-0.3, -0.25) is 19.2 Å². The molecule has 1 aromatic heterocycles. The summed E-state index contributed by atoms with van der Waals surface area (Å²) in [7, 11) is 3.74. The van der Waals surface area contributed by atoms with Crippen LogP contribution in [0.2, 0.25) is 0 Å². The van der Waals surface area contributed by atoms with Crippen LogP contribution < -0.4 is 10.6 Å². The molecule has 2 heterocycles. The third-order valence-electron chi connectivity index (χ3n) is 3.49. The topological polar surface area (TPSA) is 79.3 Å². The van der Waals surface area contributed by atoms with Gasteiger partial charge in [0, 0.05) is 31.9 Å². The molecule has 2 rings (SSSR count). The molecule has 0 saturated carbocycles. The number of hydrogen-bond donors (Lipinski definition) is 2. The smallest absolute Gasteiger partial charge is 0.242 e. The molecule has 1 aliphatic rings. The number of nitrogens with zero attached hydrogens (tertiary/aromatic N) is 3. The highest BCUT2D eigenvalue weighted by Crippen LogP contribution is 2.06. The Balaban J connectivity index is 1.79. The van der Waals surface area contributed by atoms with Gasteiger partial charge in [0.25, 0.3) is 0 Å². The number of hydrogen-bond acceptors (Lipinski definition) is 4. The minimum Gasteiger partial charge on any atom is -0.354 e. The van der Waals surface area contributed by atoms with Gasteiger partial charge in [0.1, 0.15) is 6.04 Å². The zero-order valence-corrected chi connectivity index (χ0v) is 12.6. The minimum atomic E-state index is -0.396. The summed E-state index contributed by atoms with van der Waals surface area (Å²) < 4.78 is 1.74. The molecule has 7 heteroatoms. The van der Waals surface area contributed by atoms with Gasteiger partial charge in [0.15, 0.2) is 0 Å². The monoisotopic (exact) mass is 293 g/mol. The largest absolute Gasteiger partial charge is 0.354 e. The molecule has 0 aliphatic carbocycles. The molecular formula is C14H23N5O2. The van der Waals surface area contributed by atoms with E-state index in [0.717, 1.165) is 18.4 Å². The average Bonchev–Trinajstić information content (AvgIpc) is 2.70. The number of carbonyl (C=O) groups excluding carboxylic acids is 2. The summed E-state index contributed by atoms with van der Waals surface area (Å²) in [6.45, 7) is 1.61. The number of amides is 2. The summed E-state index contributed by atoms with van der Waals surface area (Å²) in [5.74, 6) is -0.195. The van der Waals surface area contributed by atoms with E-state index in [4.69, 9.17) is 0 Å². The highest BCUT2D eigenvalue weighted by atomic mass is 16.2. The summed E-state index contributed by atoms with van der Waals surface area (Å²) in [4.78, 5) is 25.7. The SMILES string of the molecule is CN(CC(=O)N[C@H]1CCCCNC1=O)Cc1cnn(C)c1. The summed E-state index contributed by atoms with van der Waals surface area (Å²) in [6.07, 6.45) is 6.35. The van der Waals surface area contributed by atoms with E-state index in [1.54, 1.807) is 10.9 Å². The van der Waals surface area contributed by atoms with Crippen molar-refractivity contribution in [3.63, 3.8) is 0 Å². The van der Waals surface area contributed by atoms with E-state index in [-0.39, 0.29) is 18.4 Å². The van der Waals surface area contributed by atoms with Crippen LogP contribution in [0.1, 0.15) is 24.8 Å². The van der Waals surface area contributed by atoms with Gasteiger partial charge in [-0.05, 0) is 26.3 Å². The maximum atomic E-state index is 12.0. The molecule has 116 valence electrons. The normalized spacial score (nSPS) is 19.2. The van der Waals surface area contributed by atoms with Crippen molar-refractivity contribution in [2.75, 3.05) is 20.1 Å². The molecule has 21 heavy (non-hydrogen) atoms. The van der Waals surface area contributed by atoms with Gasteiger partial charge in [-0.1, -0.05) is 0 Å². The lowest BCUT2D eigenvalue weighted by atomic mass is 10.1. The second kappa shape index (κ2) is 7.21. The van der Waals surface area contributed by atoms with Crippen LogP contribution >= 0.6 is 0 Å². The summed E-state index contributed by atoms with van der Waals surface area (Å²) >= 11 is 0. The van der Waals surface area contributed by atoms with Crippen molar-refractivity contribution in [1.29, 1.82) is 0 Å². The lowest BCUT2D eigenvalue weighted by Crippen LogP contribution is -2.48. The molecule has 0 radical (unpaired) electrons. The molecule has 7 nitrogen and oxygen atoms in total. The highest BCUT2D eigenvalue weighted by molar-refractivity contribution is 5.88. The van der Waals surface area contributed by atoms with Gasteiger partial charge >= 0.3 is 0 Å². The maximum absolute atomic E-state index is 12.0. The zero-order chi connectivity index (χ0) is 15.2. The van der Waals surface area contributed by atoms with Crippen LogP contribution in [0.25, 0.3) is 0 Å². The number of carbonyl (C=O) groups is 2. The number of aryl methyl sites for hydroxylation is 1. The summed E-state index contributed by atoms with van der Waals surface area (Å²) in [6, 6.07) is -0.396. The van der Waals surface area contributed by atoms with Crippen LogP contribution in [0.15, 0.2) is 12.4 Å². The molecule has 0 aromatic carbocycles. The quantitative estimate of drug-likeness (QED) is 0.777. The van der Waals surface area contributed by atoms with Gasteiger partial charge in [-0.15, -0.1) is 0 Å². The molecule has 1 aliphatic heterocycles. The molecule has 1 aromatic rings. The zero-order valence-electron chi connectivity index (χ0n) is 12.6. The standard InChI is InChI=1S/C14H23N5O2/c1-18(8-11-7-16-19(2)9-11)10-13(20)17-12-5-3-4-6-15-14(12)21/h7,9,12H,3-6,8,10H2,1-2H3,(H,15,21)(H,17,20)/t12-/m0/s1. The molecule has 0 spiro atoms. The Morgan fingerprint density at radius 2 is 2.38 bits per heavy atom. The van der Waals surface area contributed by atoms with Crippen LogP contribution in [0.3, 0.4) is 0 Å². The van der Waals surface area contributed by atoms with E-state index >= 15 is 0 Å². The van der Waals surface area contributed by atoms with Gasteiger partial charge in [-0.2, -0.15) is 5.10 Å². The fourth-order valence-electron chi connectivity index (χ4n) is 2.48. The lowest BCUT2D eigenvalue weighted by Gasteiger charge is -2.19. The van der Waals surface area contributed by atoms with Gasteiger partial charge in [0.05, 0.1) is 12.7 Å². The van der Waals surface area contributed by atoms with Crippen LogP contribution in [0, 0.1) is 0 Å². The van der Waals surface area contributed by atoms with E-state index in [0.29, 0.717) is 19.5 Å². The predicted octanol–water partition coefficient (Wildman–Crippen LogP) is -0.363. The van der Waals surface area contributed by atoms with Crippen LogP contribution in [0.5, 0.6) is 0 Å². The summed E-state index contributed by atoms with van der Waals surface area (Å²) in [5, 5.41) is 9.73. The van der Waals surface area contributed by atoms with Crippen LogP contribution in [-0.2, 0) is 23.2 Å². The number of aromatic nitrogens is 2. The molecule has 2 N–H and O–H groups in total. The third-order valence-corrected chi connectivity index (χ3v) is 3.49. The molecule has 1 atom stereocenters. The Labute approximate surface area is 124 Å². The first-order valence-corrected chi connectivity index (χ1v) is 7.28. The van der Waals surface area contributed by atoms with Crippen LogP contribution in [-0.4, -0.2) is 52.7 Å². The fraction of sp³-hybridized carbons (Fsp3) is 0.643. The molecule has 1 saturated heterocycles. The van der Waals surface area contributed by atoms with E-state index in [1.165, 1.54) is 0 Å². The second-order valence-corrected chi connectivity index (χ2v) is 5.60. The first-order chi connectivity index (χ1) is 10.0. The van der Waals surface area contributed by atoms with Crippen molar-refractivity contribution in [3.05, 3.63) is 18.0 Å². The fourth-order valence-corrected chi connectivity index (χ4v) is 2.48.